The van der Waals surface area contributed by atoms with Crippen molar-refractivity contribution >= 4 is 32.6 Å². The van der Waals surface area contributed by atoms with Gasteiger partial charge in [0.05, 0.1) is 11.0 Å². The summed E-state index contributed by atoms with van der Waals surface area (Å²) in [6.07, 6.45) is 3.67. The summed E-state index contributed by atoms with van der Waals surface area (Å²) in [6, 6.07) is 16.6. The Balaban J connectivity index is 0.000000252. The van der Waals surface area contributed by atoms with E-state index < -0.39 is 0 Å². The molecule has 2 heterocycles. The van der Waals surface area contributed by atoms with Gasteiger partial charge in [0, 0.05) is 41.6 Å². The van der Waals surface area contributed by atoms with Crippen LogP contribution in [0.25, 0.3) is 32.6 Å². The second-order valence-corrected chi connectivity index (χ2v) is 6.99. The molecule has 0 atom stereocenters. The second kappa shape index (κ2) is 9.89. The number of nitrogens with zero attached hydrogens (tertiary/aromatic N) is 4. The van der Waals surface area contributed by atoms with Crippen LogP contribution >= 0.6 is 0 Å². The monoisotopic (exact) mass is 541 g/mol. The molecule has 142 valence electrons. The minimum absolute atomic E-state index is 0. The molecule has 0 spiro atoms. The quantitative estimate of drug-likeness (QED) is 0.367. The summed E-state index contributed by atoms with van der Waals surface area (Å²) in [5.41, 5.74) is 2.05. The summed E-state index contributed by atoms with van der Waals surface area (Å²) in [6.45, 7) is 2.29. The molecular formula is C22H26N4Pt+2. The molecule has 4 rings (SSSR count). The van der Waals surface area contributed by atoms with Gasteiger partial charge in [-0.3, -0.25) is 9.97 Å². The largest absolute Gasteiger partial charge is 2.00 e. The molecule has 0 saturated carbocycles. The van der Waals surface area contributed by atoms with E-state index in [1.54, 1.807) is 0 Å². The standard InChI is InChI=1S/C16H10N2.C6H16N2.Pt/c1-3-12-7-5-11-6-8-13-4-2-10-18-16(13)14(11)15(12)17-9-1;1-7(2)5-6-8(3)4;/h1-10H;5-6H2,1-4H3;/q;;+2. The van der Waals surface area contributed by atoms with Gasteiger partial charge in [0.15, 0.2) is 0 Å². The molecule has 0 aliphatic rings. The van der Waals surface area contributed by atoms with E-state index in [9.17, 15) is 0 Å². The number of likely N-dealkylation sites (N-methyl/N-ethyl adjacent to an activating group) is 2. The molecule has 0 unspecified atom stereocenters. The van der Waals surface area contributed by atoms with Crippen molar-refractivity contribution in [3.63, 3.8) is 0 Å². The van der Waals surface area contributed by atoms with Crippen LogP contribution in [-0.2, 0) is 21.1 Å². The maximum atomic E-state index is 4.52. The SMILES string of the molecule is CN(C)CCN(C)C.[Pt+2].c1cnc2c(c1)ccc1ccc3cccnc3c12. The van der Waals surface area contributed by atoms with Gasteiger partial charge in [-0.25, -0.2) is 0 Å². The topological polar surface area (TPSA) is 32.3 Å². The van der Waals surface area contributed by atoms with E-state index in [1.165, 1.54) is 5.39 Å². The van der Waals surface area contributed by atoms with Gasteiger partial charge < -0.3 is 9.80 Å². The van der Waals surface area contributed by atoms with E-state index in [-0.39, 0.29) is 21.1 Å². The van der Waals surface area contributed by atoms with E-state index in [0.717, 1.165) is 40.3 Å². The fourth-order valence-corrected chi connectivity index (χ4v) is 2.89. The van der Waals surface area contributed by atoms with Crippen LogP contribution in [0.5, 0.6) is 0 Å². The van der Waals surface area contributed by atoms with E-state index in [1.807, 2.05) is 24.5 Å². The van der Waals surface area contributed by atoms with E-state index >= 15 is 0 Å². The van der Waals surface area contributed by atoms with E-state index in [4.69, 9.17) is 0 Å². The van der Waals surface area contributed by atoms with Crippen molar-refractivity contribution in [3.05, 3.63) is 60.9 Å². The maximum Gasteiger partial charge on any atom is 2.00 e. The zero-order valence-corrected chi connectivity index (χ0v) is 18.6. The molecule has 27 heavy (non-hydrogen) atoms. The van der Waals surface area contributed by atoms with Crippen LogP contribution in [0.15, 0.2) is 60.9 Å². The van der Waals surface area contributed by atoms with Crippen molar-refractivity contribution in [2.24, 2.45) is 0 Å². The second-order valence-electron chi connectivity index (χ2n) is 6.99. The van der Waals surface area contributed by atoms with Crippen molar-refractivity contribution in [3.8, 4) is 0 Å². The Bertz CT molecular complexity index is 936. The minimum Gasteiger partial charge on any atom is -0.308 e. The van der Waals surface area contributed by atoms with E-state index in [0.29, 0.717) is 0 Å². The molecule has 5 heteroatoms. The first kappa shape index (κ1) is 21.4. The van der Waals surface area contributed by atoms with Gasteiger partial charge in [0.1, 0.15) is 0 Å². The molecule has 0 fully saturated rings. The minimum atomic E-state index is 0. The number of rotatable bonds is 3. The molecule has 0 aliphatic heterocycles. The van der Waals surface area contributed by atoms with Crippen LogP contribution in [0.3, 0.4) is 0 Å². The normalized spacial score (nSPS) is 10.9. The van der Waals surface area contributed by atoms with Crippen molar-refractivity contribution in [2.45, 2.75) is 0 Å². The average Bonchev–Trinajstić information content (AvgIpc) is 2.66. The number of pyridine rings is 2. The van der Waals surface area contributed by atoms with Crippen LogP contribution in [0.2, 0.25) is 0 Å². The predicted molar refractivity (Wildman–Crippen MR) is 112 cm³/mol. The Kier molecular flexibility index (Phi) is 7.85. The average molecular weight is 542 g/mol. The summed E-state index contributed by atoms with van der Waals surface area (Å²) in [4.78, 5) is 13.4. The maximum absolute atomic E-state index is 4.52. The van der Waals surface area contributed by atoms with Gasteiger partial charge in [0.2, 0.25) is 0 Å². The van der Waals surface area contributed by atoms with Crippen LogP contribution in [0, 0.1) is 0 Å². The number of benzene rings is 2. The van der Waals surface area contributed by atoms with Gasteiger partial charge in [0.25, 0.3) is 0 Å². The first-order valence-electron chi connectivity index (χ1n) is 8.87. The van der Waals surface area contributed by atoms with Gasteiger partial charge >= 0.3 is 21.1 Å². The Labute approximate surface area is 175 Å². The summed E-state index contributed by atoms with van der Waals surface area (Å²) in [7, 11) is 8.35. The number of hydrogen-bond donors (Lipinski definition) is 0. The third-order valence-electron chi connectivity index (χ3n) is 4.32. The molecule has 0 aliphatic carbocycles. The molecule has 4 aromatic rings. The van der Waals surface area contributed by atoms with Crippen molar-refractivity contribution in [1.82, 2.24) is 19.8 Å². The first-order valence-corrected chi connectivity index (χ1v) is 8.87. The summed E-state index contributed by atoms with van der Waals surface area (Å²) < 4.78 is 0. The predicted octanol–water partition coefficient (Wildman–Crippen LogP) is 4.04. The van der Waals surface area contributed by atoms with Gasteiger partial charge in [-0.2, -0.15) is 0 Å². The number of aromatic nitrogens is 2. The molecule has 2 aromatic carbocycles. The number of hydrogen-bond acceptors (Lipinski definition) is 4. The zero-order valence-electron chi connectivity index (χ0n) is 16.3. The van der Waals surface area contributed by atoms with Crippen LogP contribution in [0.1, 0.15) is 0 Å². The molecule has 2 aromatic heterocycles. The Hall–Kier alpha value is -1.87. The fourth-order valence-electron chi connectivity index (χ4n) is 2.89. The molecule has 0 bridgehead atoms. The number of fused-ring (bicyclic) bond motifs is 5. The van der Waals surface area contributed by atoms with Crippen molar-refractivity contribution in [2.75, 3.05) is 41.3 Å². The van der Waals surface area contributed by atoms with Crippen LogP contribution < -0.4 is 0 Å². The van der Waals surface area contributed by atoms with Crippen LogP contribution in [-0.4, -0.2) is 61.0 Å². The van der Waals surface area contributed by atoms with Crippen molar-refractivity contribution in [1.29, 1.82) is 0 Å². The molecule has 0 radical (unpaired) electrons. The van der Waals surface area contributed by atoms with Gasteiger partial charge in [-0.1, -0.05) is 36.4 Å². The molecule has 4 nitrogen and oxygen atoms in total. The molecular weight excluding hydrogens is 515 g/mol. The zero-order chi connectivity index (χ0) is 18.5. The summed E-state index contributed by atoms with van der Waals surface area (Å²) in [5.74, 6) is 0. The van der Waals surface area contributed by atoms with E-state index in [2.05, 4.69) is 84.4 Å². The summed E-state index contributed by atoms with van der Waals surface area (Å²) in [5, 5.41) is 4.64. The first-order chi connectivity index (χ1) is 12.6. The van der Waals surface area contributed by atoms with Gasteiger partial charge in [-0.15, -0.1) is 0 Å². The third-order valence-corrected chi connectivity index (χ3v) is 4.32. The summed E-state index contributed by atoms with van der Waals surface area (Å²) >= 11 is 0. The smallest absolute Gasteiger partial charge is 0.308 e. The Morgan fingerprint density at radius 3 is 1.44 bits per heavy atom. The molecule has 0 N–H and O–H groups in total. The molecule has 0 amide bonds. The Morgan fingerprint density at radius 2 is 1.04 bits per heavy atom. The van der Waals surface area contributed by atoms with Gasteiger partial charge in [-0.05, 0) is 45.7 Å². The van der Waals surface area contributed by atoms with Crippen molar-refractivity contribution < 1.29 is 21.1 Å². The third kappa shape index (κ3) is 5.32. The Morgan fingerprint density at radius 1 is 0.630 bits per heavy atom. The fraction of sp³-hybridized carbons (Fsp3) is 0.273. The van der Waals surface area contributed by atoms with Crippen LogP contribution in [0.4, 0.5) is 0 Å². The molecule has 0 saturated heterocycles.